The minimum absolute atomic E-state index is 0.0270. The number of carbonyl (C=O) groups is 1. The molecule has 3 N–H and O–H groups in total. The lowest BCUT2D eigenvalue weighted by atomic mass is 10.1. The van der Waals surface area contributed by atoms with Gasteiger partial charge in [0.05, 0.1) is 5.56 Å². The van der Waals surface area contributed by atoms with Crippen LogP contribution in [-0.4, -0.2) is 12.5 Å². The van der Waals surface area contributed by atoms with E-state index in [1.807, 2.05) is 0 Å². The summed E-state index contributed by atoms with van der Waals surface area (Å²) in [5.74, 6) is 0.201. The third kappa shape index (κ3) is 1.37. The lowest BCUT2D eigenvalue weighted by molar-refractivity contribution is 0.0954. The maximum atomic E-state index is 11.4. The van der Waals surface area contributed by atoms with Crippen LogP contribution in [0.5, 0.6) is 0 Å². The number of amides is 1. The highest BCUT2D eigenvalue weighted by atomic mass is 16.4. The molecule has 1 aromatic rings. The molecule has 1 amide bonds. The fourth-order valence-corrected chi connectivity index (χ4v) is 1.44. The van der Waals surface area contributed by atoms with Gasteiger partial charge in [-0.05, 0) is 12.5 Å². The largest absolute Gasteiger partial charge is 0.426 e. The Balaban J connectivity index is 2.60. The number of hydrogen-bond donors (Lipinski definition) is 2. The van der Waals surface area contributed by atoms with Gasteiger partial charge < -0.3 is 15.5 Å². The molecule has 0 aliphatic carbocycles. The average molecular weight is 194 g/mol. The number of nitrogens with one attached hydrogen (secondary N) is 1. The first-order valence-corrected chi connectivity index (χ1v) is 4.39. The maximum absolute atomic E-state index is 11.4. The van der Waals surface area contributed by atoms with Crippen molar-refractivity contribution in [3.05, 3.63) is 27.8 Å². The van der Waals surface area contributed by atoms with Crippen LogP contribution in [0.25, 0.3) is 0 Å². The van der Waals surface area contributed by atoms with Crippen LogP contribution < -0.4 is 16.7 Å². The van der Waals surface area contributed by atoms with Gasteiger partial charge in [0.1, 0.15) is 11.4 Å². The molecule has 1 aliphatic rings. The van der Waals surface area contributed by atoms with Crippen molar-refractivity contribution in [2.24, 2.45) is 0 Å². The number of fused-ring (bicyclic) bond motifs is 1. The van der Waals surface area contributed by atoms with Crippen LogP contribution in [0.4, 0.5) is 5.69 Å². The molecule has 0 saturated heterocycles. The van der Waals surface area contributed by atoms with Crippen molar-refractivity contribution in [2.45, 2.75) is 12.8 Å². The van der Waals surface area contributed by atoms with Gasteiger partial charge in [0.15, 0.2) is 0 Å². The van der Waals surface area contributed by atoms with Crippen LogP contribution in [0.15, 0.2) is 15.3 Å². The van der Waals surface area contributed by atoms with Gasteiger partial charge in [0, 0.05) is 13.0 Å². The van der Waals surface area contributed by atoms with Gasteiger partial charge in [-0.15, -0.1) is 0 Å². The summed E-state index contributed by atoms with van der Waals surface area (Å²) < 4.78 is 4.94. The smallest absolute Gasteiger partial charge is 0.359 e. The van der Waals surface area contributed by atoms with Gasteiger partial charge in [-0.1, -0.05) is 0 Å². The summed E-state index contributed by atoms with van der Waals surface area (Å²) in [5, 5.41) is 2.69. The first kappa shape index (κ1) is 8.80. The standard InChI is InChI=1S/C9H10N2O3/c10-6-4-5-7(14-9(6)13)2-1-3-11-8(5)12/h4H,1-3,10H2,(H,11,12). The average Bonchev–Trinajstić information content (AvgIpc) is 2.31. The van der Waals surface area contributed by atoms with Gasteiger partial charge in [0.25, 0.3) is 5.91 Å². The summed E-state index contributed by atoms with van der Waals surface area (Å²) in [6, 6.07) is 1.38. The summed E-state index contributed by atoms with van der Waals surface area (Å²) in [7, 11) is 0. The minimum atomic E-state index is -0.571. The fourth-order valence-electron chi connectivity index (χ4n) is 1.44. The van der Waals surface area contributed by atoms with Crippen LogP contribution in [-0.2, 0) is 6.42 Å². The van der Waals surface area contributed by atoms with Crippen molar-refractivity contribution in [1.29, 1.82) is 0 Å². The Hall–Kier alpha value is -1.78. The van der Waals surface area contributed by atoms with Crippen molar-refractivity contribution in [1.82, 2.24) is 5.32 Å². The second-order valence-electron chi connectivity index (χ2n) is 3.19. The number of anilines is 1. The molecular weight excluding hydrogens is 184 g/mol. The van der Waals surface area contributed by atoms with E-state index in [0.29, 0.717) is 24.3 Å². The minimum Gasteiger partial charge on any atom is -0.426 e. The molecular formula is C9H10N2O3. The Morgan fingerprint density at radius 2 is 2.21 bits per heavy atom. The molecule has 0 atom stereocenters. The number of carbonyl (C=O) groups excluding carboxylic acids is 1. The molecule has 0 radical (unpaired) electrons. The molecule has 0 fully saturated rings. The summed E-state index contributed by atoms with van der Waals surface area (Å²) in [4.78, 5) is 22.5. The maximum Gasteiger partial charge on any atom is 0.359 e. The molecule has 14 heavy (non-hydrogen) atoms. The summed E-state index contributed by atoms with van der Waals surface area (Å²) >= 11 is 0. The molecule has 1 aromatic heterocycles. The second-order valence-corrected chi connectivity index (χ2v) is 3.19. The summed E-state index contributed by atoms with van der Waals surface area (Å²) in [6.07, 6.45) is 1.36. The van der Waals surface area contributed by atoms with E-state index >= 15 is 0 Å². The van der Waals surface area contributed by atoms with E-state index in [-0.39, 0.29) is 11.6 Å². The van der Waals surface area contributed by atoms with Gasteiger partial charge in [0.2, 0.25) is 0 Å². The van der Waals surface area contributed by atoms with E-state index in [1.54, 1.807) is 0 Å². The predicted octanol–water partition coefficient (Wildman–Crippen LogP) is -0.102. The fraction of sp³-hybridized carbons (Fsp3) is 0.333. The zero-order chi connectivity index (χ0) is 10.1. The van der Waals surface area contributed by atoms with Crippen LogP contribution in [0.3, 0.4) is 0 Å². The third-order valence-corrected chi connectivity index (χ3v) is 2.16. The molecule has 2 rings (SSSR count). The Labute approximate surface area is 79.9 Å². The number of aryl methyl sites for hydroxylation is 1. The van der Waals surface area contributed by atoms with Crippen molar-refractivity contribution in [3.63, 3.8) is 0 Å². The van der Waals surface area contributed by atoms with Crippen LogP contribution in [0.1, 0.15) is 22.5 Å². The predicted molar refractivity (Wildman–Crippen MR) is 50.0 cm³/mol. The van der Waals surface area contributed by atoms with Crippen LogP contribution in [0.2, 0.25) is 0 Å². The molecule has 2 heterocycles. The molecule has 0 bridgehead atoms. The van der Waals surface area contributed by atoms with Crippen LogP contribution >= 0.6 is 0 Å². The highest BCUT2D eigenvalue weighted by Gasteiger charge is 2.18. The van der Waals surface area contributed by atoms with E-state index in [4.69, 9.17) is 10.2 Å². The number of hydrogen-bond acceptors (Lipinski definition) is 4. The Morgan fingerprint density at radius 1 is 1.43 bits per heavy atom. The first-order chi connectivity index (χ1) is 6.68. The van der Waals surface area contributed by atoms with Crippen molar-refractivity contribution >= 4 is 11.6 Å². The lowest BCUT2D eigenvalue weighted by Crippen LogP contribution is -2.23. The molecule has 0 unspecified atom stereocenters. The number of nitrogen functional groups attached to an aromatic ring is 1. The molecule has 5 heteroatoms. The van der Waals surface area contributed by atoms with E-state index in [0.717, 1.165) is 6.42 Å². The zero-order valence-corrected chi connectivity index (χ0v) is 7.50. The van der Waals surface area contributed by atoms with Crippen molar-refractivity contribution in [3.8, 4) is 0 Å². The molecule has 0 spiro atoms. The quantitative estimate of drug-likeness (QED) is 0.603. The molecule has 74 valence electrons. The highest BCUT2D eigenvalue weighted by Crippen LogP contribution is 2.14. The monoisotopic (exact) mass is 194 g/mol. The number of rotatable bonds is 0. The van der Waals surface area contributed by atoms with Crippen LogP contribution in [0, 0.1) is 0 Å². The van der Waals surface area contributed by atoms with Gasteiger partial charge in [-0.25, -0.2) is 4.79 Å². The summed E-state index contributed by atoms with van der Waals surface area (Å²) in [5.41, 5.74) is 5.15. The van der Waals surface area contributed by atoms with Gasteiger partial charge in [-0.2, -0.15) is 0 Å². The molecule has 0 aromatic carbocycles. The second kappa shape index (κ2) is 3.17. The molecule has 1 aliphatic heterocycles. The van der Waals surface area contributed by atoms with Gasteiger partial charge >= 0.3 is 5.63 Å². The number of nitrogens with two attached hydrogens (primary N) is 1. The Morgan fingerprint density at radius 3 is 3.00 bits per heavy atom. The highest BCUT2D eigenvalue weighted by molar-refractivity contribution is 5.96. The topological polar surface area (TPSA) is 85.3 Å². The summed E-state index contributed by atoms with van der Waals surface area (Å²) in [6.45, 7) is 0.594. The Kier molecular flexibility index (Phi) is 1.99. The first-order valence-electron chi connectivity index (χ1n) is 4.39. The van der Waals surface area contributed by atoms with Crippen molar-refractivity contribution in [2.75, 3.05) is 12.3 Å². The SMILES string of the molecule is Nc1cc2c(oc1=O)CCCNC2=O. The molecule has 5 nitrogen and oxygen atoms in total. The molecule has 0 saturated carbocycles. The van der Waals surface area contributed by atoms with Gasteiger partial charge in [-0.3, -0.25) is 4.79 Å². The van der Waals surface area contributed by atoms with Crippen molar-refractivity contribution < 1.29 is 9.21 Å². The third-order valence-electron chi connectivity index (χ3n) is 2.16. The zero-order valence-electron chi connectivity index (χ0n) is 7.50. The van der Waals surface area contributed by atoms with E-state index in [9.17, 15) is 9.59 Å². The lowest BCUT2D eigenvalue weighted by Gasteiger charge is -2.02. The van der Waals surface area contributed by atoms with E-state index < -0.39 is 5.63 Å². The Bertz CT molecular complexity index is 436. The normalized spacial score (nSPS) is 15.6. The van der Waals surface area contributed by atoms with E-state index in [1.165, 1.54) is 6.07 Å². The van der Waals surface area contributed by atoms with E-state index in [2.05, 4.69) is 5.32 Å².